The number of rotatable bonds is 0. The maximum atomic E-state index is 5.88. The van der Waals surface area contributed by atoms with E-state index in [1.54, 1.807) is 0 Å². The lowest BCUT2D eigenvalue weighted by Gasteiger charge is -2.17. The van der Waals surface area contributed by atoms with Crippen LogP contribution in [-0.2, 0) is 18.4 Å². The fourth-order valence-corrected chi connectivity index (χ4v) is 1.65. The number of fused-ring (bicyclic) bond motifs is 1. The van der Waals surface area contributed by atoms with E-state index in [1.165, 1.54) is 0 Å². The Morgan fingerprint density at radius 2 is 2.14 bits per heavy atom. The summed E-state index contributed by atoms with van der Waals surface area (Å²) in [5.74, 6) is 2.03. The zero-order valence-electron chi connectivity index (χ0n) is 9.12. The van der Waals surface area contributed by atoms with E-state index < -0.39 is 0 Å². The van der Waals surface area contributed by atoms with Crippen molar-refractivity contribution in [3.8, 4) is 0 Å². The molecule has 4 nitrogen and oxygen atoms in total. The maximum absolute atomic E-state index is 5.88. The van der Waals surface area contributed by atoms with Crippen LogP contribution in [-0.4, -0.2) is 20.8 Å². The lowest BCUT2D eigenvalue weighted by molar-refractivity contribution is 0.417. The van der Waals surface area contributed by atoms with Crippen molar-refractivity contribution in [2.24, 2.45) is 5.73 Å². The Labute approximate surface area is 84.5 Å². The summed E-state index contributed by atoms with van der Waals surface area (Å²) in [5.41, 5.74) is 5.92. The summed E-state index contributed by atoms with van der Waals surface area (Å²) in [7, 11) is 0. The van der Waals surface area contributed by atoms with E-state index in [-0.39, 0.29) is 11.5 Å². The zero-order chi connectivity index (χ0) is 10.3. The van der Waals surface area contributed by atoms with Gasteiger partial charge >= 0.3 is 0 Å². The molecule has 0 fully saturated rings. The van der Waals surface area contributed by atoms with Crippen LogP contribution in [0.25, 0.3) is 0 Å². The van der Waals surface area contributed by atoms with E-state index in [1.807, 2.05) is 4.68 Å². The summed E-state index contributed by atoms with van der Waals surface area (Å²) in [4.78, 5) is 4.55. The molecule has 78 valence electrons. The van der Waals surface area contributed by atoms with Crippen LogP contribution in [0.5, 0.6) is 0 Å². The number of aromatic nitrogens is 3. The third-order valence-electron chi connectivity index (χ3n) is 2.57. The summed E-state index contributed by atoms with van der Waals surface area (Å²) in [5, 5.41) is 4.50. The molecule has 0 spiro atoms. The Morgan fingerprint density at radius 1 is 1.43 bits per heavy atom. The highest BCUT2D eigenvalue weighted by Crippen LogP contribution is 2.21. The van der Waals surface area contributed by atoms with Crippen LogP contribution in [0.3, 0.4) is 0 Å². The number of hydrogen-bond donors (Lipinski definition) is 1. The third kappa shape index (κ3) is 1.66. The normalized spacial score (nSPS) is 22.1. The van der Waals surface area contributed by atoms with Crippen molar-refractivity contribution in [1.29, 1.82) is 0 Å². The molecule has 14 heavy (non-hydrogen) atoms. The van der Waals surface area contributed by atoms with Crippen molar-refractivity contribution < 1.29 is 0 Å². The summed E-state index contributed by atoms with van der Waals surface area (Å²) < 4.78 is 1.97. The van der Waals surface area contributed by atoms with Crippen LogP contribution in [0, 0.1) is 0 Å². The summed E-state index contributed by atoms with van der Waals surface area (Å²) >= 11 is 0. The second kappa shape index (κ2) is 3.05. The fraction of sp³-hybridized carbons (Fsp3) is 0.800. The Balaban J connectivity index is 2.32. The first kappa shape index (κ1) is 9.65. The highest BCUT2D eigenvalue weighted by atomic mass is 15.4. The van der Waals surface area contributed by atoms with Gasteiger partial charge in [0, 0.05) is 17.9 Å². The van der Waals surface area contributed by atoms with E-state index in [2.05, 4.69) is 30.9 Å². The Morgan fingerprint density at radius 3 is 2.79 bits per heavy atom. The zero-order valence-corrected chi connectivity index (χ0v) is 9.12. The first-order valence-electron chi connectivity index (χ1n) is 5.16. The predicted octanol–water partition coefficient (Wildman–Crippen LogP) is 0.849. The van der Waals surface area contributed by atoms with Gasteiger partial charge in [-0.3, -0.25) is 0 Å². The van der Waals surface area contributed by atoms with Crippen LogP contribution in [0.4, 0.5) is 0 Å². The molecule has 0 bridgehead atoms. The first-order chi connectivity index (χ1) is 6.47. The second-order valence-corrected chi connectivity index (χ2v) is 5.08. The Hall–Kier alpha value is -0.900. The molecule has 0 aliphatic carbocycles. The van der Waals surface area contributed by atoms with Crippen LogP contribution >= 0.6 is 0 Å². The Kier molecular flexibility index (Phi) is 2.10. The standard InChI is InChI=1S/C10H18N4/c1-10(2,3)9-12-8-5-4-7(11)6-14(8)13-9/h7H,4-6,11H2,1-3H3. The summed E-state index contributed by atoms with van der Waals surface area (Å²) in [6, 6.07) is 0.247. The van der Waals surface area contributed by atoms with Gasteiger partial charge in [0.1, 0.15) is 5.82 Å². The molecule has 0 amide bonds. The minimum Gasteiger partial charge on any atom is -0.326 e. The number of nitrogens with two attached hydrogens (primary N) is 1. The van der Waals surface area contributed by atoms with E-state index in [0.717, 1.165) is 31.0 Å². The van der Waals surface area contributed by atoms with E-state index in [9.17, 15) is 0 Å². The number of hydrogen-bond acceptors (Lipinski definition) is 3. The minimum absolute atomic E-state index is 0.0361. The monoisotopic (exact) mass is 194 g/mol. The van der Waals surface area contributed by atoms with E-state index >= 15 is 0 Å². The smallest absolute Gasteiger partial charge is 0.156 e. The average molecular weight is 194 g/mol. The molecular weight excluding hydrogens is 176 g/mol. The average Bonchev–Trinajstić information content (AvgIpc) is 2.45. The van der Waals surface area contributed by atoms with Gasteiger partial charge in [0.25, 0.3) is 0 Å². The molecule has 1 aliphatic heterocycles. The molecule has 1 aromatic heterocycles. The van der Waals surface area contributed by atoms with Gasteiger partial charge in [-0.2, -0.15) is 5.10 Å². The van der Waals surface area contributed by atoms with Gasteiger partial charge in [-0.05, 0) is 6.42 Å². The van der Waals surface area contributed by atoms with Gasteiger partial charge in [-0.15, -0.1) is 0 Å². The predicted molar refractivity (Wildman–Crippen MR) is 55.0 cm³/mol. The molecule has 2 N–H and O–H groups in total. The molecule has 1 atom stereocenters. The van der Waals surface area contributed by atoms with Gasteiger partial charge in [0.15, 0.2) is 5.82 Å². The topological polar surface area (TPSA) is 56.7 Å². The van der Waals surface area contributed by atoms with Crippen LogP contribution in [0.1, 0.15) is 38.8 Å². The van der Waals surface area contributed by atoms with Gasteiger partial charge in [0.05, 0.1) is 6.54 Å². The molecule has 4 heteroatoms. The quantitative estimate of drug-likeness (QED) is 0.666. The minimum atomic E-state index is 0.0361. The van der Waals surface area contributed by atoms with E-state index in [4.69, 9.17) is 5.73 Å². The van der Waals surface area contributed by atoms with Crippen LogP contribution < -0.4 is 5.73 Å². The SMILES string of the molecule is CC(C)(C)c1nc2n(n1)CC(N)CC2. The second-order valence-electron chi connectivity index (χ2n) is 5.08. The molecule has 1 aromatic rings. The lowest BCUT2D eigenvalue weighted by atomic mass is 9.96. The Bertz CT molecular complexity index is 334. The number of aryl methyl sites for hydroxylation is 1. The lowest BCUT2D eigenvalue weighted by Crippen LogP contribution is -2.32. The van der Waals surface area contributed by atoms with Crippen molar-refractivity contribution in [3.05, 3.63) is 11.6 Å². The number of nitrogens with zero attached hydrogens (tertiary/aromatic N) is 3. The molecule has 0 aromatic carbocycles. The van der Waals surface area contributed by atoms with Crippen molar-refractivity contribution >= 4 is 0 Å². The first-order valence-corrected chi connectivity index (χ1v) is 5.16. The van der Waals surface area contributed by atoms with Gasteiger partial charge < -0.3 is 5.73 Å². The van der Waals surface area contributed by atoms with Gasteiger partial charge in [-0.1, -0.05) is 20.8 Å². The molecule has 0 radical (unpaired) electrons. The van der Waals surface area contributed by atoms with Crippen molar-refractivity contribution in [3.63, 3.8) is 0 Å². The van der Waals surface area contributed by atoms with Crippen LogP contribution in [0.15, 0.2) is 0 Å². The molecule has 1 aliphatic rings. The molecule has 2 heterocycles. The molecule has 0 saturated carbocycles. The highest BCUT2D eigenvalue weighted by Gasteiger charge is 2.24. The largest absolute Gasteiger partial charge is 0.326 e. The van der Waals surface area contributed by atoms with E-state index in [0.29, 0.717) is 0 Å². The summed E-state index contributed by atoms with van der Waals surface area (Å²) in [6.45, 7) is 7.22. The third-order valence-corrected chi connectivity index (χ3v) is 2.57. The van der Waals surface area contributed by atoms with Crippen LogP contribution in [0.2, 0.25) is 0 Å². The fourth-order valence-electron chi connectivity index (χ4n) is 1.65. The summed E-state index contributed by atoms with van der Waals surface area (Å²) in [6.07, 6.45) is 1.99. The van der Waals surface area contributed by atoms with Crippen molar-refractivity contribution in [2.75, 3.05) is 0 Å². The molecule has 1 unspecified atom stereocenters. The van der Waals surface area contributed by atoms with Gasteiger partial charge in [0.2, 0.25) is 0 Å². The molecule has 0 saturated heterocycles. The molecule has 2 rings (SSSR count). The van der Waals surface area contributed by atoms with Gasteiger partial charge in [-0.25, -0.2) is 9.67 Å². The van der Waals surface area contributed by atoms with Crippen molar-refractivity contribution in [1.82, 2.24) is 14.8 Å². The highest BCUT2D eigenvalue weighted by molar-refractivity contribution is 5.05. The van der Waals surface area contributed by atoms with Crippen molar-refractivity contribution in [2.45, 2.75) is 51.6 Å². The maximum Gasteiger partial charge on any atom is 0.156 e. The molecular formula is C10H18N4.